The summed E-state index contributed by atoms with van der Waals surface area (Å²) in [7, 11) is 2.14. The van der Waals surface area contributed by atoms with Crippen molar-refractivity contribution in [3.63, 3.8) is 0 Å². The lowest BCUT2D eigenvalue weighted by molar-refractivity contribution is 0.0646. The average molecular weight is 338 g/mol. The van der Waals surface area contributed by atoms with E-state index in [0.717, 1.165) is 36.0 Å². The number of likely N-dealkylation sites (N-methyl/N-ethyl adjacent to an activating group) is 1. The maximum atomic E-state index is 13.0. The standard InChI is InChI=1S/C18H18N4OS/c1-21-8-14-7-13(21)9-22(14)18(23)17-15-6-11(12-4-5-24-10-12)2-3-16(15)19-20-17/h2-6,10,13-14H,7-9H2,1H3,(H,19,20)/t13-,14-/m0/s1. The normalized spacial score (nSPS) is 23.5. The molecule has 5 nitrogen and oxygen atoms in total. The van der Waals surface area contributed by atoms with E-state index in [1.54, 1.807) is 11.3 Å². The summed E-state index contributed by atoms with van der Waals surface area (Å²) >= 11 is 1.68. The molecular weight excluding hydrogens is 320 g/mol. The first-order valence-corrected chi connectivity index (χ1v) is 9.17. The highest BCUT2D eigenvalue weighted by Crippen LogP contribution is 2.32. The first-order valence-electron chi connectivity index (χ1n) is 8.22. The van der Waals surface area contributed by atoms with Gasteiger partial charge in [0.2, 0.25) is 0 Å². The molecule has 4 heterocycles. The number of hydrogen-bond donors (Lipinski definition) is 1. The predicted molar refractivity (Wildman–Crippen MR) is 95.3 cm³/mol. The molecule has 6 heteroatoms. The van der Waals surface area contributed by atoms with Crippen LogP contribution in [0.3, 0.4) is 0 Å². The molecular formula is C18H18N4OS. The second-order valence-electron chi connectivity index (χ2n) is 6.79. The highest BCUT2D eigenvalue weighted by Gasteiger charge is 2.44. The summed E-state index contributed by atoms with van der Waals surface area (Å²) < 4.78 is 0. The van der Waals surface area contributed by atoms with Crippen LogP contribution in [0.25, 0.3) is 22.0 Å². The molecule has 0 radical (unpaired) electrons. The molecule has 2 bridgehead atoms. The number of likely N-dealkylation sites (tertiary alicyclic amines) is 2. The van der Waals surface area contributed by atoms with Crippen molar-refractivity contribution < 1.29 is 4.79 Å². The van der Waals surface area contributed by atoms with E-state index in [2.05, 4.69) is 51.1 Å². The van der Waals surface area contributed by atoms with Gasteiger partial charge in [-0.1, -0.05) is 6.07 Å². The summed E-state index contributed by atoms with van der Waals surface area (Å²) in [5.41, 5.74) is 3.78. The van der Waals surface area contributed by atoms with Gasteiger partial charge in [0.15, 0.2) is 5.69 Å². The summed E-state index contributed by atoms with van der Waals surface area (Å²) in [6.45, 7) is 1.79. The zero-order valence-electron chi connectivity index (χ0n) is 13.4. The Morgan fingerprint density at radius 2 is 2.17 bits per heavy atom. The van der Waals surface area contributed by atoms with E-state index in [0.29, 0.717) is 17.8 Å². The van der Waals surface area contributed by atoms with Gasteiger partial charge in [-0.2, -0.15) is 16.4 Å². The molecule has 2 aliphatic heterocycles. The van der Waals surface area contributed by atoms with Gasteiger partial charge in [0.25, 0.3) is 5.91 Å². The van der Waals surface area contributed by atoms with Gasteiger partial charge in [-0.3, -0.25) is 14.8 Å². The molecule has 2 fully saturated rings. The monoisotopic (exact) mass is 338 g/mol. The molecule has 24 heavy (non-hydrogen) atoms. The van der Waals surface area contributed by atoms with Gasteiger partial charge in [-0.15, -0.1) is 0 Å². The number of H-pyrrole nitrogens is 1. The Kier molecular flexibility index (Phi) is 3.05. The van der Waals surface area contributed by atoms with Crippen LogP contribution in [0.1, 0.15) is 16.9 Å². The number of carbonyl (C=O) groups is 1. The van der Waals surface area contributed by atoms with Crippen molar-refractivity contribution in [1.29, 1.82) is 0 Å². The molecule has 0 saturated carbocycles. The van der Waals surface area contributed by atoms with Gasteiger partial charge < -0.3 is 4.90 Å². The number of nitrogens with zero attached hydrogens (tertiary/aromatic N) is 3. The summed E-state index contributed by atoms with van der Waals surface area (Å²) in [4.78, 5) is 17.4. The average Bonchev–Trinajstić information content (AvgIpc) is 3.35. The molecule has 122 valence electrons. The zero-order chi connectivity index (χ0) is 16.3. The van der Waals surface area contributed by atoms with Gasteiger partial charge in [0.05, 0.1) is 5.52 Å². The molecule has 1 N–H and O–H groups in total. The lowest BCUT2D eigenvalue weighted by Crippen LogP contribution is -2.47. The van der Waals surface area contributed by atoms with Crippen LogP contribution >= 0.6 is 11.3 Å². The van der Waals surface area contributed by atoms with Gasteiger partial charge in [0.1, 0.15) is 0 Å². The van der Waals surface area contributed by atoms with Gasteiger partial charge in [-0.05, 0) is 53.6 Å². The molecule has 2 saturated heterocycles. The van der Waals surface area contributed by atoms with Crippen molar-refractivity contribution in [1.82, 2.24) is 20.0 Å². The van der Waals surface area contributed by atoms with E-state index >= 15 is 0 Å². The lowest BCUT2D eigenvalue weighted by Gasteiger charge is -2.31. The Labute approximate surface area is 143 Å². The SMILES string of the molecule is CN1C[C@@H]2C[C@H]1CN2C(=O)c1n[nH]c2ccc(-c3ccsc3)cc12. The molecule has 1 aromatic carbocycles. The lowest BCUT2D eigenvalue weighted by atomic mass is 10.1. The number of benzene rings is 1. The van der Waals surface area contributed by atoms with Crippen LogP contribution in [-0.2, 0) is 0 Å². The van der Waals surface area contributed by atoms with Gasteiger partial charge >= 0.3 is 0 Å². The summed E-state index contributed by atoms with van der Waals surface area (Å²) in [6.07, 6.45) is 1.09. The quantitative estimate of drug-likeness (QED) is 0.782. The van der Waals surface area contributed by atoms with Crippen molar-refractivity contribution in [2.24, 2.45) is 0 Å². The van der Waals surface area contributed by atoms with Crippen LogP contribution in [0.4, 0.5) is 0 Å². The number of carbonyl (C=O) groups excluding carboxylic acids is 1. The molecule has 2 aliphatic rings. The first kappa shape index (κ1) is 14.2. The zero-order valence-corrected chi connectivity index (χ0v) is 14.2. The van der Waals surface area contributed by atoms with Crippen molar-refractivity contribution in [3.8, 4) is 11.1 Å². The number of piperazine rings is 1. The van der Waals surface area contributed by atoms with Crippen molar-refractivity contribution in [2.75, 3.05) is 20.1 Å². The molecule has 2 aromatic heterocycles. The summed E-state index contributed by atoms with van der Waals surface area (Å²) in [6, 6.07) is 9.10. The fraction of sp³-hybridized carbons (Fsp3) is 0.333. The smallest absolute Gasteiger partial charge is 0.275 e. The second-order valence-corrected chi connectivity index (χ2v) is 7.57. The Hall–Kier alpha value is -2.18. The topological polar surface area (TPSA) is 52.2 Å². The molecule has 1 amide bonds. The second kappa shape index (κ2) is 5.16. The maximum Gasteiger partial charge on any atom is 0.275 e. The Morgan fingerprint density at radius 3 is 2.88 bits per heavy atom. The Balaban J connectivity index is 1.53. The fourth-order valence-electron chi connectivity index (χ4n) is 4.04. The van der Waals surface area contributed by atoms with Crippen LogP contribution in [0, 0.1) is 0 Å². The number of aromatic nitrogens is 2. The first-order chi connectivity index (χ1) is 11.7. The predicted octanol–water partition coefficient (Wildman–Crippen LogP) is 2.82. The van der Waals surface area contributed by atoms with Gasteiger partial charge in [-0.25, -0.2) is 0 Å². The van der Waals surface area contributed by atoms with Crippen molar-refractivity contribution >= 4 is 28.1 Å². The number of nitrogens with one attached hydrogen (secondary N) is 1. The number of thiophene rings is 1. The van der Waals surface area contributed by atoms with Crippen LogP contribution in [0.15, 0.2) is 35.0 Å². The van der Waals surface area contributed by atoms with E-state index in [1.807, 2.05) is 11.0 Å². The van der Waals surface area contributed by atoms with E-state index < -0.39 is 0 Å². The van der Waals surface area contributed by atoms with Crippen LogP contribution < -0.4 is 0 Å². The molecule has 0 unspecified atom stereocenters. The third kappa shape index (κ3) is 2.03. The number of rotatable bonds is 2. The highest BCUT2D eigenvalue weighted by atomic mass is 32.1. The molecule has 2 atom stereocenters. The molecule has 5 rings (SSSR count). The largest absolute Gasteiger partial charge is 0.331 e. The number of fused-ring (bicyclic) bond motifs is 3. The number of amides is 1. The van der Waals surface area contributed by atoms with Crippen molar-refractivity contribution in [2.45, 2.75) is 18.5 Å². The van der Waals surface area contributed by atoms with E-state index in [4.69, 9.17) is 0 Å². The number of hydrogen-bond acceptors (Lipinski definition) is 4. The molecule has 0 aliphatic carbocycles. The maximum absolute atomic E-state index is 13.0. The van der Waals surface area contributed by atoms with E-state index in [1.165, 1.54) is 5.56 Å². The summed E-state index contributed by atoms with van der Waals surface area (Å²) in [5, 5.41) is 12.5. The van der Waals surface area contributed by atoms with Crippen LogP contribution in [-0.4, -0.2) is 58.1 Å². The Morgan fingerprint density at radius 1 is 1.25 bits per heavy atom. The number of aromatic amines is 1. The third-order valence-corrected chi connectivity index (χ3v) is 6.08. The molecule has 0 spiro atoms. The van der Waals surface area contributed by atoms with Crippen LogP contribution in [0.5, 0.6) is 0 Å². The minimum Gasteiger partial charge on any atom is -0.331 e. The fourth-order valence-corrected chi connectivity index (χ4v) is 4.70. The molecule has 3 aromatic rings. The van der Waals surface area contributed by atoms with Crippen molar-refractivity contribution in [3.05, 3.63) is 40.7 Å². The highest BCUT2D eigenvalue weighted by molar-refractivity contribution is 7.08. The minimum absolute atomic E-state index is 0.0596. The van der Waals surface area contributed by atoms with E-state index in [9.17, 15) is 4.79 Å². The minimum atomic E-state index is 0.0596. The summed E-state index contributed by atoms with van der Waals surface area (Å²) in [5.74, 6) is 0.0596. The Bertz CT molecular complexity index is 914. The van der Waals surface area contributed by atoms with E-state index in [-0.39, 0.29) is 5.91 Å². The van der Waals surface area contributed by atoms with Gasteiger partial charge in [0, 0.05) is 30.6 Å². The third-order valence-electron chi connectivity index (χ3n) is 5.40. The van der Waals surface area contributed by atoms with Crippen LogP contribution in [0.2, 0.25) is 0 Å².